The smallest absolute Gasteiger partial charge is 0.410 e. The Hall–Kier alpha value is -2.04. The highest BCUT2D eigenvalue weighted by molar-refractivity contribution is 5.75. The Balaban J connectivity index is 1.64. The fraction of sp³-hybridized carbons (Fsp3) is 0.385. The van der Waals surface area contributed by atoms with E-state index in [4.69, 9.17) is 9.47 Å². The summed E-state index contributed by atoms with van der Waals surface area (Å²) >= 11 is 0. The van der Waals surface area contributed by atoms with Gasteiger partial charge in [-0.3, -0.25) is 0 Å². The number of esters is 1. The van der Waals surface area contributed by atoms with Crippen LogP contribution in [0.2, 0.25) is 0 Å². The van der Waals surface area contributed by atoms with Gasteiger partial charge in [-0.05, 0) is 12.0 Å². The summed E-state index contributed by atoms with van der Waals surface area (Å²) in [5.74, 6) is -0.535. The van der Waals surface area contributed by atoms with Gasteiger partial charge in [0.25, 0.3) is 0 Å². The van der Waals surface area contributed by atoms with Gasteiger partial charge in [0, 0.05) is 13.1 Å². The summed E-state index contributed by atoms with van der Waals surface area (Å²) in [4.78, 5) is 24.2. The summed E-state index contributed by atoms with van der Waals surface area (Å²) in [5.41, 5.74) is 0.903. The van der Waals surface area contributed by atoms with Gasteiger partial charge >= 0.3 is 12.1 Å². The Morgan fingerprint density at radius 2 is 1.83 bits per heavy atom. The third-order valence-electron chi connectivity index (χ3n) is 2.67. The minimum atomic E-state index is -0.535. The molecule has 2 rings (SSSR count). The second-order valence-electron chi connectivity index (χ2n) is 4.04. The fourth-order valence-electron chi connectivity index (χ4n) is 1.49. The maximum Gasteiger partial charge on any atom is 0.410 e. The molecule has 1 aliphatic rings. The first kappa shape index (κ1) is 12.4. The molecule has 1 fully saturated rings. The number of likely N-dealkylation sites (tertiary alicyclic amines) is 1. The van der Waals surface area contributed by atoms with Crippen LogP contribution in [0.4, 0.5) is 4.79 Å². The number of rotatable bonds is 4. The molecule has 0 aliphatic carbocycles. The van der Waals surface area contributed by atoms with Crippen LogP contribution in [0.3, 0.4) is 0 Å². The van der Waals surface area contributed by atoms with Gasteiger partial charge in [0.1, 0.15) is 6.61 Å². The Bertz CT molecular complexity index is 414. The number of benzene rings is 1. The second kappa shape index (κ2) is 6.05. The van der Waals surface area contributed by atoms with Gasteiger partial charge in [0.15, 0.2) is 6.61 Å². The third kappa shape index (κ3) is 3.48. The van der Waals surface area contributed by atoms with Crippen molar-refractivity contribution in [2.75, 3.05) is 19.7 Å². The lowest BCUT2D eigenvalue weighted by Crippen LogP contribution is -2.42. The van der Waals surface area contributed by atoms with Crippen molar-refractivity contribution in [2.24, 2.45) is 0 Å². The van der Waals surface area contributed by atoms with Crippen molar-refractivity contribution in [1.29, 1.82) is 0 Å². The number of amides is 1. The molecule has 0 bridgehead atoms. The van der Waals surface area contributed by atoms with Gasteiger partial charge in [-0.2, -0.15) is 0 Å². The molecule has 0 aromatic heterocycles. The van der Waals surface area contributed by atoms with Crippen LogP contribution in [0.1, 0.15) is 12.0 Å². The SMILES string of the molecule is O=C(COC(=O)N1CCC1)OCc1ccccc1. The van der Waals surface area contributed by atoms with Crippen LogP contribution in [-0.2, 0) is 20.9 Å². The summed E-state index contributed by atoms with van der Waals surface area (Å²) in [6.45, 7) is 1.28. The van der Waals surface area contributed by atoms with E-state index >= 15 is 0 Å². The molecule has 1 aromatic rings. The first-order valence-corrected chi connectivity index (χ1v) is 5.87. The van der Waals surface area contributed by atoms with Crippen molar-refractivity contribution < 1.29 is 19.1 Å². The molecule has 1 amide bonds. The number of carbonyl (C=O) groups excluding carboxylic acids is 2. The molecule has 0 atom stereocenters. The van der Waals surface area contributed by atoms with E-state index in [1.54, 1.807) is 4.90 Å². The molecule has 96 valence electrons. The maximum atomic E-state index is 11.3. The molecule has 5 heteroatoms. The predicted octanol–water partition coefficient (Wildman–Crippen LogP) is 1.57. The normalized spacial score (nSPS) is 13.7. The summed E-state index contributed by atoms with van der Waals surface area (Å²) < 4.78 is 9.78. The highest BCUT2D eigenvalue weighted by atomic mass is 16.6. The number of nitrogens with zero attached hydrogens (tertiary/aromatic N) is 1. The number of hydrogen-bond donors (Lipinski definition) is 0. The van der Waals surface area contributed by atoms with E-state index in [0.29, 0.717) is 13.1 Å². The summed E-state index contributed by atoms with van der Waals surface area (Å²) in [5, 5.41) is 0. The third-order valence-corrected chi connectivity index (χ3v) is 2.67. The topological polar surface area (TPSA) is 55.8 Å². The van der Waals surface area contributed by atoms with Gasteiger partial charge in [-0.25, -0.2) is 9.59 Å². The summed E-state index contributed by atoms with van der Waals surface area (Å²) in [6, 6.07) is 9.35. The van der Waals surface area contributed by atoms with Crippen molar-refractivity contribution >= 4 is 12.1 Å². The van der Waals surface area contributed by atoms with E-state index < -0.39 is 12.1 Å². The molecule has 0 unspecified atom stereocenters. The molecule has 5 nitrogen and oxygen atoms in total. The number of hydrogen-bond acceptors (Lipinski definition) is 4. The van der Waals surface area contributed by atoms with Crippen LogP contribution >= 0.6 is 0 Å². The molecule has 1 saturated heterocycles. The zero-order chi connectivity index (χ0) is 12.8. The highest BCUT2D eigenvalue weighted by Gasteiger charge is 2.22. The lowest BCUT2D eigenvalue weighted by Gasteiger charge is -2.29. The molecule has 0 radical (unpaired) electrons. The van der Waals surface area contributed by atoms with Crippen LogP contribution in [0.25, 0.3) is 0 Å². The van der Waals surface area contributed by atoms with Gasteiger partial charge in [-0.15, -0.1) is 0 Å². The highest BCUT2D eigenvalue weighted by Crippen LogP contribution is 2.07. The van der Waals surface area contributed by atoms with Gasteiger partial charge < -0.3 is 14.4 Å². The van der Waals surface area contributed by atoms with Crippen molar-refractivity contribution in [1.82, 2.24) is 4.90 Å². The average molecular weight is 249 g/mol. The monoisotopic (exact) mass is 249 g/mol. The minimum absolute atomic E-state index is 0.195. The Kier molecular flexibility index (Phi) is 4.17. The molecule has 0 N–H and O–H groups in total. The lowest BCUT2D eigenvalue weighted by molar-refractivity contribution is -0.148. The lowest BCUT2D eigenvalue weighted by atomic mass is 10.2. The molecular formula is C13H15NO4. The minimum Gasteiger partial charge on any atom is -0.458 e. The predicted molar refractivity (Wildman–Crippen MR) is 63.8 cm³/mol. The molecule has 18 heavy (non-hydrogen) atoms. The molecule has 0 spiro atoms. The Morgan fingerprint density at radius 1 is 1.11 bits per heavy atom. The van der Waals surface area contributed by atoms with Crippen LogP contribution in [0.5, 0.6) is 0 Å². The number of ether oxygens (including phenoxy) is 2. The zero-order valence-electron chi connectivity index (χ0n) is 10.0. The molecule has 1 aromatic carbocycles. The fourth-order valence-corrected chi connectivity index (χ4v) is 1.49. The maximum absolute atomic E-state index is 11.3. The molecule has 1 heterocycles. The summed E-state index contributed by atoms with van der Waals surface area (Å²) in [7, 11) is 0. The van der Waals surface area contributed by atoms with E-state index in [1.165, 1.54) is 0 Å². The van der Waals surface area contributed by atoms with Gasteiger partial charge in [-0.1, -0.05) is 30.3 Å². The standard InChI is InChI=1S/C13H15NO4/c15-12(10-18-13(16)14-7-4-8-14)17-9-11-5-2-1-3-6-11/h1-3,5-6H,4,7-10H2. The van der Waals surface area contributed by atoms with Crippen LogP contribution in [0.15, 0.2) is 30.3 Å². The van der Waals surface area contributed by atoms with Crippen molar-refractivity contribution in [2.45, 2.75) is 13.0 Å². The van der Waals surface area contributed by atoms with Crippen LogP contribution < -0.4 is 0 Å². The second-order valence-corrected chi connectivity index (χ2v) is 4.04. The van der Waals surface area contributed by atoms with E-state index in [9.17, 15) is 9.59 Å². The van der Waals surface area contributed by atoms with Crippen molar-refractivity contribution in [3.63, 3.8) is 0 Å². The van der Waals surface area contributed by atoms with E-state index in [0.717, 1.165) is 12.0 Å². The van der Waals surface area contributed by atoms with E-state index in [1.807, 2.05) is 30.3 Å². The molecule has 0 saturated carbocycles. The summed E-state index contributed by atoms with van der Waals surface area (Å²) in [6.07, 6.45) is 0.547. The Morgan fingerprint density at radius 3 is 2.44 bits per heavy atom. The molecule has 1 aliphatic heterocycles. The average Bonchev–Trinajstić information content (AvgIpc) is 2.33. The first-order valence-electron chi connectivity index (χ1n) is 5.87. The van der Waals surface area contributed by atoms with Crippen molar-refractivity contribution in [3.05, 3.63) is 35.9 Å². The first-order chi connectivity index (χ1) is 8.75. The van der Waals surface area contributed by atoms with Crippen LogP contribution in [-0.4, -0.2) is 36.7 Å². The Labute approximate surface area is 105 Å². The zero-order valence-corrected chi connectivity index (χ0v) is 10.0. The van der Waals surface area contributed by atoms with E-state index in [2.05, 4.69) is 0 Å². The quantitative estimate of drug-likeness (QED) is 0.760. The number of carbonyl (C=O) groups is 2. The van der Waals surface area contributed by atoms with Crippen molar-refractivity contribution in [3.8, 4) is 0 Å². The van der Waals surface area contributed by atoms with Gasteiger partial charge in [0.05, 0.1) is 0 Å². The largest absolute Gasteiger partial charge is 0.458 e. The van der Waals surface area contributed by atoms with E-state index in [-0.39, 0.29) is 13.2 Å². The van der Waals surface area contributed by atoms with Gasteiger partial charge in [0.2, 0.25) is 0 Å². The van der Waals surface area contributed by atoms with Crippen LogP contribution in [0, 0.1) is 0 Å². The molecular weight excluding hydrogens is 234 g/mol.